The average molecular weight is 554 g/mol. The Morgan fingerprint density at radius 2 is 1.51 bits per heavy atom. The molecule has 1 N–H and O–H groups in total. The van der Waals surface area contributed by atoms with E-state index in [1.807, 2.05) is 32.9 Å². The van der Waals surface area contributed by atoms with E-state index in [0.29, 0.717) is 17.8 Å². The fourth-order valence-corrected chi connectivity index (χ4v) is 5.47. The molecule has 39 heavy (non-hydrogen) atoms. The second kappa shape index (κ2) is 13.4. The Balaban J connectivity index is 2.01. The van der Waals surface area contributed by atoms with Gasteiger partial charge in [0, 0.05) is 13.1 Å². The van der Waals surface area contributed by atoms with E-state index in [0.717, 1.165) is 16.3 Å². The van der Waals surface area contributed by atoms with Gasteiger partial charge in [-0.05, 0) is 66.8 Å². The van der Waals surface area contributed by atoms with Crippen molar-refractivity contribution in [2.45, 2.75) is 57.5 Å². The quantitative estimate of drug-likeness (QED) is 0.339. The van der Waals surface area contributed by atoms with Gasteiger partial charge in [-0.3, -0.25) is 13.9 Å². The SMILES string of the molecule is CCCNC(=O)[C@H](C)N(Cc1ccc(F)cc1)C(=O)CN(c1ccc(C(C)C)cc1)S(=O)(=O)c1ccccc1. The monoisotopic (exact) mass is 553 g/mol. The van der Waals surface area contributed by atoms with Crippen LogP contribution < -0.4 is 9.62 Å². The topological polar surface area (TPSA) is 86.8 Å². The molecule has 0 fully saturated rings. The summed E-state index contributed by atoms with van der Waals surface area (Å²) in [5.41, 5.74) is 1.97. The molecule has 9 heteroatoms. The lowest BCUT2D eigenvalue weighted by Crippen LogP contribution is -2.51. The largest absolute Gasteiger partial charge is 0.354 e. The molecule has 3 aromatic rings. The minimum atomic E-state index is -4.12. The summed E-state index contributed by atoms with van der Waals surface area (Å²) >= 11 is 0. The Labute approximate surface area is 230 Å². The molecule has 0 saturated heterocycles. The van der Waals surface area contributed by atoms with Crippen LogP contribution in [-0.2, 0) is 26.2 Å². The van der Waals surface area contributed by atoms with Crippen LogP contribution in [0.1, 0.15) is 51.2 Å². The zero-order valence-electron chi connectivity index (χ0n) is 22.8. The first kappa shape index (κ1) is 29.8. The van der Waals surface area contributed by atoms with Crippen LogP contribution in [0, 0.1) is 5.82 Å². The van der Waals surface area contributed by atoms with E-state index >= 15 is 0 Å². The van der Waals surface area contributed by atoms with E-state index in [1.165, 1.54) is 41.3 Å². The minimum Gasteiger partial charge on any atom is -0.354 e. The summed E-state index contributed by atoms with van der Waals surface area (Å²) in [7, 11) is -4.12. The highest BCUT2D eigenvalue weighted by Crippen LogP contribution is 2.26. The molecule has 0 aromatic heterocycles. The van der Waals surface area contributed by atoms with Crippen molar-refractivity contribution in [3.05, 3.63) is 95.8 Å². The van der Waals surface area contributed by atoms with E-state index in [4.69, 9.17) is 0 Å². The molecule has 0 aliphatic heterocycles. The molecule has 3 rings (SSSR count). The molecule has 0 saturated carbocycles. The minimum absolute atomic E-state index is 0.00529. The van der Waals surface area contributed by atoms with Gasteiger partial charge in [0.25, 0.3) is 10.0 Å². The van der Waals surface area contributed by atoms with Crippen LogP contribution in [0.15, 0.2) is 83.8 Å². The Morgan fingerprint density at radius 3 is 2.08 bits per heavy atom. The lowest BCUT2D eigenvalue weighted by molar-refractivity contribution is -0.139. The van der Waals surface area contributed by atoms with E-state index in [-0.39, 0.29) is 23.3 Å². The first-order valence-electron chi connectivity index (χ1n) is 13.0. The van der Waals surface area contributed by atoms with Crippen molar-refractivity contribution in [3.8, 4) is 0 Å². The van der Waals surface area contributed by atoms with E-state index in [1.54, 1.807) is 37.3 Å². The highest BCUT2D eigenvalue weighted by Gasteiger charge is 2.32. The summed E-state index contributed by atoms with van der Waals surface area (Å²) in [6.45, 7) is 7.52. The zero-order chi connectivity index (χ0) is 28.6. The molecule has 0 unspecified atom stereocenters. The standard InChI is InChI=1S/C30H36FN3O4S/c1-5-19-32-30(36)23(4)33(20-24-11-15-26(31)16-12-24)29(35)21-34(27-17-13-25(14-18-27)22(2)3)39(37,38)28-9-7-6-8-10-28/h6-18,22-23H,5,19-21H2,1-4H3,(H,32,36)/t23-/m0/s1. The normalized spacial score (nSPS) is 12.2. The summed E-state index contributed by atoms with van der Waals surface area (Å²) in [4.78, 5) is 28.1. The third kappa shape index (κ3) is 7.66. The van der Waals surface area contributed by atoms with Crippen LogP contribution >= 0.6 is 0 Å². The Kier molecular flexibility index (Phi) is 10.2. The van der Waals surface area contributed by atoms with E-state index in [2.05, 4.69) is 5.32 Å². The summed E-state index contributed by atoms with van der Waals surface area (Å²) in [6, 6.07) is 19.7. The second-order valence-corrected chi connectivity index (χ2v) is 11.5. The van der Waals surface area contributed by atoms with Gasteiger partial charge >= 0.3 is 0 Å². The first-order chi connectivity index (χ1) is 18.5. The molecule has 0 radical (unpaired) electrons. The Hall–Kier alpha value is -3.72. The number of carbonyl (C=O) groups is 2. The summed E-state index contributed by atoms with van der Waals surface area (Å²) in [5.74, 6) is -1.10. The van der Waals surface area contributed by atoms with Crippen molar-refractivity contribution in [3.63, 3.8) is 0 Å². The number of nitrogens with zero attached hydrogens (tertiary/aromatic N) is 2. The molecular weight excluding hydrogens is 517 g/mol. The van der Waals surface area contributed by atoms with Crippen LogP contribution in [-0.4, -0.2) is 44.3 Å². The van der Waals surface area contributed by atoms with Gasteiger partial charge in [0.2, 0.25) is 11.8 Å². The van der Waals surface area contributed by atoms with Gasteiger partial charge in [-0.25, -0.2) is 12.8 Å². The number of amides is 2. The van der Waals surface area contributed by atoms with Crippen molar-refractivity contribution in [2.75, 3.05) is 17.4 Å². The fourth-order valence-electron chi connectivity index (χ4n) is 4.04. The first-order valence-corrected chi connectivity index (χ1v) is 14.5. The van der Waals surface area contributed by atoms with Crippen molar-refractivity contribution in [2.24, 2.45) is 0 Å². The predicted octanol–water partition coefficient (Wildman–Crippen LogP) is 5.09. The zero-order valence-corrected chi connectivity index (χ0v) is 23.6. The average Bonchev–Trinajstić information content (AvgIpc) is 2.94. The summed E-state index contributed by atoms with van der Waals surface area (Å²) < 4.78 is 42.2. The highest BCUT2D eigenvalue weighted by molar-refractivity contribution is 7.92. The molecule has 0 spiro atoms. The molecule has 7 nitrogen and oxygen atoms in total. The predicted molar refractivity (Wildman–Crippen MR) is 151 cm³/mol. The van der Waals surface area contributed by atoms with Crippen molar-refractivity contribution >= 4 is 27.5 Å². The number of nitrogens with one attached hydrogen (secondary N) is 1. The van der Waals surface area contributed by atoms with Gasteiger partial charge in [-0.2, -0.15) is 0 Å². The summed E-state index contributed by atoms with van der Waals surface area (Å²) in [5, 5.41) is 2.80. The summed E-state index contributed by atoms with van der Waals surface area (Å²) in [6.07, 6.45) is 0.722. The molecule has 2 amide bonds. The highest BCUT2D eigenvalue weighted by atomic mass is 32.2. The van der Waals surface area contributed by atoms with Gasteiger partial charge in [0.05, 0.1) is 10.6 Å². The van der Waals surface area contributed by atoms with Crippen molar-refractivity contribution in [1.29, 1.82) is 0 Å². The maximum atomic E-state index is 13.8. The molecule has 0 bridgehead atoms. The van der Waals surface area contributed by atoms with Crippen LogP contribution in [0.4, 0.5) is 10.1 Å². The van der Waals surface area contributed by atoms with Gasteiger partial charge in [-0.1, -0.05) is 63.2 Å². The van der Waals surface area contributed by atoms with Gasteiger partial charge in [0.1, 0.15) is 18.4 Å². The molecule has 208 valence electrons. The second-order valence-electron chi connectivity index (χ2n) is 9.69. The van der Waals surface area contributed by atoms with Crippen LogP contribution in [0.2, 0.25) is 0 Å². The lowest BCUT2D eigenvalue weighted by atomic mass is 10.0. The molecule has 3 aromatic carbocycles. The maximum Gasteiger partial charge on any atom is 0.264 e. The number of hydrogen-bond acceptors (Lipinski definition) is 4. The third-order valence-electron chi connectivity index (χ3n) is 6.44. The van der Waals surface area contributed by atoms with Crippen LogP contribution in [0.3, 0.4) is 0 Å². The van der Waals surface area contributed by atoms with Gasteiger partial charge in [0.15, 0.2) is 0 Å². The fraction of sp³-hybridized carbons (Fsp3) is 0.333. The maximum absolute atomic E-state index is 13.8. The smallest absolute Gasteiger partial charge is 0.264 e. The third-order valence-corrected chi connectivity index (χ3v) is 8.23. The Morgan fingerprint density at radius 1 is 0.897 bits per heavy atom. The molecular formula is C30H36FN3O4S. The number of benzene rings is 3. The van der Waals surface area contributed by atoms with Crippen LogP contribution in [0.5, 0.6) is 0 Å². The van der Waals surface area contributed by atoms with Crippen molar-refractivity contribution < 1.29 is 22.4 Å². The van der Waals surface area contributed by atoms with Gasteiger partial charge < -0.3 is 10.2 Å². The number of halogens is 1. The van der Waals surface area contributed by atoms with E-state index < -0.39 is 34.3 Å². The van der Waals surface area contributed by atoms with Gasteiger partial charge in [-0.15, -0.1) is 0 Å². The molecule has 0 aliphatic rings. The lowest BCUT2D eigenvalue weighted by Gasteiger charge is -2.32. The van der Waals surface area contributed by atoms with Crippen LogP contribution in [0.25, 0.3) is 0 Å². The number of carbonyl (C=O) groups excluding carboxylic acids is 2. The van der Waals surface area contributed by atoms with Crippen molar-refractivity contribution in [1.82, 2.24) is 10.2 Å². The number of anilines is 1. The molecule has 0 aliphatic carbocycles. The number of rotatable bonds is 12. The molecule has 1 atom stereocenters. The molecule has 0 heterocycles. The number of hydrogen-bond donors (Lipinski definition) is 1. The number of sulfonamides is 1. The Bertz CT molecular complexity index is 1350. The van der Waals surface area contributed by atoms with E-state index in [9.17, 15) is 22.4 Å².